The summed E-state index contributed by atoms with van der Waals surface area (Å²) in [5.74, 6) is 3.75. The van der Waals surface area contributed by atoms with E-state index in [4.69, 9.17) is 37.9 Å². The number of halogens is 4. The van der Waals surface area contributed by atoms with Crippen LogP contribution in [0.2, 0.25) is 10.0 Å². The van der Waals surface area contributed by atoms with E-state index in [1.807, 2.05) is 6.07 Å². The molecule has 6 nitrogen and oxygen atoms in total. The Kier molecular flexibility index (Phi) is 8.84. The molecule has 0 spiro atoms. The number of hydrogen-bond acceptors (Lipinski definition) is 5. The lowest BCUT2D eigenvalue weighted by atomic mass is 10.1. The van der Waals surface area contributed by atoms with Gasteiger partial charge in [0.2, 0.25) is 5.82 Å². The summed E-state index contributed by atoms with van der Waals surface area (Å²) in [4.78, 5) is 12.4. The molecule has 1 amide bonds. The molecular weight excluding hydrogens is 574 g/mol. The highest BCUT2D eigenvalue weighted by molar-refractivity contribution is 9.10. The van der Waals surface area contributed by atoms with Crippen LogP contribution in [0.25, 0.3) is 0 Å². The highest BCUT2D eigenvalue weighted by atomic mass is 79.9. The Balaban J connectivity index is 1.69. The number of nitrogens with zero attached hydrogens (tertiary/aromatic N) is 1. The molecule has 0 heterocycles. The fraction of sp³-hybridized carbons (Fsp3) is 0.154. The topological polar surface area (TPSA) is 91.6 Å². The van der Waals surface area contributed by atoms with Gasteiger partial charge in [0.15, 0.2) is 18.1 Å². The van der Waals surface area contributed by atoms with Crippen LogP contribution in [-0.4, -0.2) is 23.2 Å². The lowest BCUT2D eigenvalue weighted by Gasteiger charge is -2.14. The number of hydrogen-bond donors (Lipinski definition) is 2. The van der Waals surface area contributed by atoms with Gasteiger partial charge in [0, 0.05) is 10.6 Å². The minimum Gasteiger partial charge on any atom is -0.481 e. The maximum Gasteiger partial charge on any atom is 0.262 e. The van der Waals surface area contributed by atoms with Crippen molar-refractivity contribution in [3.8, 4) is 35.2 Å². The second-order valence-electron chi connectivity index (χ2n) is 7.92. The Morgan fingerprint density at radius 2 is 1.92 bits per heavy atom. The average Bonchev–Trinajstić information content (AvgIpc) is 2.80. The Bertz CT molecular complexity index is 1420. The number of rotatable bonds is 6. The molecule has 3 aromatic carbocycles. The first-order valence-corrected chi connectivity index (χ1v) is 11.8. The van der Waals surface area contributed by atoms with Crippen molar-refractivity contribution < 1.29 is 23.8 Å². The van der Waals surface area contributed by atoms with Crippen LogP contribution in [0, 0.1) is 29.0 Å². The molecule has 0 fully saturated rings. The van der Waals surface area contributed by atoms with E-state index in [2.05, 4.69) is 33.1 Å². The Morgan fingerprint density at radius 3 is 2.58 bits per heavy atom. The van der Waals surface area contributed by atoms with E-state index in [0.717, 1.165) is 0 Å². The third-order valence-corrected chi connectivity index (χ3v) is 5.50. The van der Waals surface area contributed by atoms with Gasteiger partial charge in [-0.25, -0.2) is 0 Å². The van der Waals surface area contributed by atoms with Crippen molar-refractivity contribution in [1.29, 1.82) is 5.26 Å². The summed E-state index contributed by atoms with van der Waals surface area (Å²) in [6, 6.07) is 13.8. The zero-order chi connectivity index (χ0) is 26.5. The van der Waals surface area contributed by atoms with E-state index in [9.17, 15) is 9.90 Å². The molecule has 0 aromatic heterocycles. The number of carbonyl (C=O) groups excluding carboxylic acids is 1. The van der Waals surface area contributed by atoms with E-state index >= 15 is 4.39 Å². The minimum absolute atomic E-state index is 0.152. The van der Waals surface area contributed by atoms with Gasteiger partial charge in [0.1, 0.15) is 11.4 Å². The molecule has 36 heavy (non-hydrogen) atoms. The molecule has 0 unspecified atom stereocenters. The van der Waals surface area contributed by atoms with Crippen LogP contribution >= 0.6 is 39.1 Å². The number of carbonyl (C=O) groups is 1. The minimum atomic E-state index is -1.16. The van der Waals surface area contributed by atoms with Gasteiger partial charge in [0.25, 0.3) is 5.91 Å². The van der Waals surface area contributed by atoms with Gasteiger partial charge in [-0.2, -0.15) is 9.65 Å². The van der Waals surface area contributed by atoms with Crippen LogP contribution in [0.4, 0.5) is 10.1 Å². The molecule has 0 bridgehead atoms. The van der Waals surface area contributed by atoms with Crippen LogP contribution in [0.15, 0.2) is 53.0 Å². The zero-order valence-electron chi connectivity index (χ0n) is 19.0. The molecular formula is C26H18BrCl2FN2O4. The summed E-state index contributed by atoms with van der Waals surface area (Å²) in [5, 5.41) is 21.9. The predicted octanol–water partition coefficient (Wildman–Crippen LogP) is 6.70. The first-order chi connectivity index (χ1) is 16.9. The first-order valence-electron chi connectivity index (χ1n) is 10.3. The molecule has 0 atom stereocenters. The molecule has 0 aliphatic rings. The van der Waals surface area contributed by atoms with Crippen molar-refractivity contribution in [2.75, 3.05) is 11.9 Å². The lowest BCUT2D eigenvalue weighted by molar-refractivity contribution is -0.118. The molecule has 3 rings (SSSR count). The molecule has 10 heteroatoms. The normalized spacial score (nSPS) is 10.6. The third kappa shape index (κ3) is 7.61. The number of nitrogens with one attached hydrogen (secondary N) is 1. The largest absolute Gasteiger partial charge is 0.481 e. The average molecular weight is 592 g/mol. The number of amides is 1. The summed E-state index contributed by atoms with van der Waals surface area (Å²) >= 11 is 15.4. The van der Waals surface area contributed by atoms with Crippen molar-refractivity contribution in [2.45, 2.75) is 19.4 Å². The maximum absolute atomic E-state index is 15.1. The van der Waals surface area contributed by atoms with Gasteiger partial charge in [-0.3, -0.25) is 4.79 Å². The number of aliphatic hydroxyl groups is 1. The predicted molar refractivity (Wildman–Crippen MR) is 139 cm³/mol. The molecule has 0 radical (unpaired) electrons. The number of nitriles is 1. The van der Waals surface area contributed by atoms with Crippen molar-refractivity contribution >= 4 is 50.7 Å². The molecule has 2 N–H and O–H groups in total. The van der Waals surface area contributed by atoms with Crippen LogP contribution in [0.5, 0.6) is 17.2 Å². The third-order valence-electron chi connectivity index (χ3n) is 4.35. The van der Waals surface area contributed by atoms with Crippen molar-refractivity contribution in [3.63, 3.8) is 0 Å². The quantitative estimate of drug-likeness (QED) is 0.311. The van der Waals surface area contributed by atoms with Gasteiger partial charge in [-0.05, 0) is 78.3 Å². The lowest BCUT2D eigenvalue weighted by Crippen LogP contribution is -2.20. The number of anilines is 1. The van der Waals surface area contributed by atoms with E-state index in [1.54, 1.807) is 32.0 Å². The highest BCUT2D eigenvalue weighted by Crippen LogP contribution is 2.38. The van der Waals surface area contributed by atoms with Gasteiger partial charge in [0.05, 0.1) is 26.8 Å². The molecule has 184 valence electrons. The smallest absolute Gasteiger partial charge is 0.262 e. The molecule has 3 aromatic rings. The molecule has 0 aliphatic carbocycles. The summed E-state index contributed by atoms with van der Waals surface area (Å²) < 4.78 is 26.3. The number of benzene rings is 3. The van der Waals surface area contributed by atoms with E-state index < -0.39 is 23.9 Å². The first kappa shape index (κ1) is 27.3. The SMILES string of the molecule is CC(C)(O)C#Cc1ccc(NC(=O)COc2ccc(Br)c(Oc3cc(Cl)cc(C#N)c3)c2F)c(Cl)c1. The summed E-state index contributed by atoms with van der Waals surface area (Å²) in [6.45, 7) is 2.60. The van der Waals surface area contributed by atoms with Crippen LogP contribution in [0.3, 0.4) is 0 Å². The zero-order valence-corrected chi connectivity index (χ0v) is 22.1. The van der Waals surface area contributed by atoms with Gasteiger partial charge in [-0.1, -0.05) is 35.0 Å². The Hall–Kier alpha value is -3.27. The summed E-state index contributed by atoms with van der Waals surface area (Å²) in [7, 11) is 0. The second-order valence-corrected chi connectivity index (χ2v) is 9.62. The van der Waals surface area contributed by atoms with Gasteiger partial charge >= 0.3 is 0 Å². The van der Waals surface area contributed by atoms with Gasteiger partial charge in [-0.15, -0.1) is 0 Å². The van der Waals surface area contributed by atoms with E-state index in [1.165, 1.54) is 30.3 Å². The monoisotopic (exact) mass is 590 g/mol. The fourth-order valence-electron chi connectivity index (χ4n) is 2.77. The van der Waals surface area contributed by atoms with Crippen molar-refractivity contribution in [2.24, 2.45) is 0 Å². The Labute approximate surface area is 225 Å². The van der Waals surface area contributed by atoms with Crippen molar-refractivity contribution in [3.05, 3.63) is 80.0 Å². The molecule has 0 aliphatic heterocycles. The number of ether oxygens (including phenoxy) is 2. The van der Waals surface area contributed by atoms with Crippen LogP contribution in [0.1, 0.15) is 25.0 Å². The fourth-order valence-corrected chi connectivity index (χ4v) is 3.61. The highest BCUT2D eigenvalue weighted by Gasteiger charge is 2.18. The van der Waals surface area contributed by atoms with Crippen molar-refractivity contribution in [1.82, 2.24) is 0 Å². The maximum atomic E-state index is 15.1. The molecule has 0 saturated carbocycles. The van der Waals surface area contributed by atoms with Gasteiger partial charge < -0.3 is 19.9 Å². The van der Waals surface area contributed by atoms with E-state index in [-0.39, 0.29) is 37.3 Å². The van der Waals surface area contributed by atoms with Crippen LogP contribution < -0.4 is 14.8 Å². The summed E-state index contributed by atoms with van der Waals surface area (Å²) in [6.07, 6.45) is 0. The summed E-state index contributed by atoms with van der Waals surface area (Å²) in [5.41, 5.74) is -0.0393. The van der Waals surface area contributed by atoms with E-state index in [0.29, 0.717) is 11.3 Å². The Morgan fingerprint density at radius 1 is 1.17 bits per heavy atom. The standard InChI is InChI=1S/C26H18BrCl2FN2O4/c1-26(2,34)8-7-15-3-5-21(20(29)11-15)32-23(33)14-35-22-6-4-19(27)25(24(22)30)36-18-10-16(13-31)9-17(28)12-18/h3-6,9-12,34H,14H2,1-2H3,(H,32,33). The van der Waals surface area contributed by atoms with Crippen LogP contribution in [-0.2, 0) is 4.79 Å². The molecule has 0 saturated heterocycles. The second kappa shape index (κ2) is 11.6.